The normalized spacial score (nSPS) is 18.3. The van der Waals surface area contributed by atoms with E-state index in [-0.39, 0.29) is 11.3 Å². The molecule has 0 radical (unpaired) electrons. The lowest BCUT2D eigenvalue weighted by molar-refractivity contribution is -0.133. The molecule has 0 aromatic rings. The van der Waals surface area contributed by atoms with Crippen LogP contribution in [-0.4, -0.2) is 43.0 Å². The molecule has 1 fully saturated rings. The molecule has 0 bridgehead atoms. The molecule has 0 aromatic heterocycles. The number of carbonyl (C=O) groups excluding carboxylic acids is 1. The molecule has 0 heterocycles. The van der Waals surface area contributed by atoms with Gasteiger partial charge in [0.1, 0.15) is 0 Å². The number of amides is 1. The van der Waals surface area contributed by atoms with E-state index in [1.807, 2.05) is 11.9 Å². The van der Waals surface area contributed by atoms with Crippen LogP contribution >= 0.6 is 11.8 Å². The van der Waals surface area contributed by atoms with Crippen molar-refractivity contribution in [2.24, 2.45) is 11.1 Å². The van der Waals surface area contributed by atoms with Gasteiger partial charge >= 0.3 is 0 Å². The third-order valence-corrected chi connectivity index (χ3v) is 4.02. The quantitative estimate of drug-likeness (QED) is 0.749. The third-order valence-electron chi connectivity index (χ3n) is 3.43. The van der Waals surface area contributed by atoms with Gasteiger partial charge in [0, 0.05) is 25.8 Å². The van der Waals surface area contributed by atoms with E-state index in [0.29, 0.717) is 13.0 Å². The van der Waals surface area contributed by atoms with Crippen LogP contribution in [0.15, 0.2) is 0 Å². The molecule has 1 aliphatic carbocycles. The van der Waals surface area contributed by atoms with Crippen molar-refractivity contribution in [3.05, 3.63) is 0 Å². The zero-order valence-electron chi connectivity index (χ0n) is 9.79. The fraction of sp³-hybridized carbons (Fsp3) is 0.909. The molecule has 88 valence electrons. The van der Waals surface area contributed by atoms with Gasteiger partial charge < -0.3 is 10.6 Å². The predicted octanol–water partition coefficient (Wildman–Crippen LogP) is 1.33. The number of nitrogens with two attached hydrogens (primary N) is 1. The Morgan fingerprint density at radius 3 is 2.60 bits per heavy atom. The van der Waals surface area contributed by atoms with Gasteiger partial charge in [0.05, 0.1) is 0 Å². The second-order valence-electron chi connectivity index (χ2n) is 4.54. The van der Waals surface area contributed by atoms with Crippen molar-refractivity contribution in [1.82, 2.24) is 4.90 Å². The Morgan fingerprint density at radius 1 is 1.53 bits per heavy atom. The zero-order valence-corrected chi connectivity index (χ0v) is 10.6. The largest absolute Gasteiger partial charge is 0.345 e. The molecule has 3 nitrogen and oxygen atoms in total. The predicted molar refractivity (Wildman–Crippen MR) is 66.0 cm³/mol. The van der Waals surface area contributed by atoms with Gasteiger partial charge in [-0.1, -0.05) is 6.42 Å². The minimum absolute atomic E-state index is 0.144. The van der Waals surface area contributed by atoms with Crippen LogP contribution in [0.4, 0.5) is 0 Å². The van der Waals surface area contributed by atoms with Gasteiger partial charge in [0.2, 0.25) is 5.91 Å². The smallest absolute Gasteiger partial charge is 0.222 e. The second kappa shape index (κ2) is 5.75. The topological polar surface area (TPSA) is 46.3 Å². The van der Waals surface area contributed by atoms with Crippen molar-refractivity contribution >= 4 is 17.7 Å². The van der Waals surface area contributed by atoms with Crippen molar-refractivity contribution in [1.29, 1.82) is 0 Å². The van der Waals surface area contributed by atoms with Crippen molar-refractivity contribution in [2.45, 2.75) is 25.7 Å². The molecule has 0 saturated heterocycles. The Labute approximate surface area is 96.8 Å². The molecule has 4 heteroatoms. The first-order valence-corrected chi connectivity index (χ1v) is 6.96. The van der Waals surface area contributed by atoms with Crippen LogP contribution in [0.25, 0.3) is 0 Å². The molecule has 2 N–H and O–H groups in total. The maximum absolute atomic E-state index is 11.9. The molecule has 0 spiro atoms. The summed E-state index contributed by atoms with van der Waals surface area (Å²) in [4.78, 5) is 13.7. The summed E-state index contributed by atoms with van der Waals surface area (Å²) >= 11 is 1.77. The van der Waals surface area contributed by atoms with Crippen molar-refractivity contribution < 1.29 is 4.79 Å². The summed E-state index contributed by atoms with van der Waals surface area (Å²) in [5, 5.41) is 0. The van der Waals surface area contributed by atoms with Gasteiger partial charge in [0.25, 0.3) is 0 Å². The van der Waals surface area contributed by atoms with E-state index < -0.39 is 0 Å². The number of nitrogens with zero attached hydrogens (tertiary/aromatic N) is 1. The summed E-state index contributed by atoms with van der Waals surface area (Å²) in [6.45, 7) is 1.51. The highest BCUT2D eigenvalue weighted by Crippen LogP contribution is 2.43. The number of carbonyl (C=O) groups is 1. The SMILES string of the molecule is CSCCN(C)C(=O)CC1(CN)CCC1. The minimum atomic E-state index is 0.144. The van der Waals surface area contributed by atoms with Crippen LogP contribution in [0, 0.1) is 5.41 Å². The Kier molecular flexibility index (Phi) is 4.93. The van der Waals surface area contributed by atoms with E-state index >= 15 is 0 Å². The van der Waals surface area contributed by atoms with Crippen LogP contribution in [0.5, 0.6) is 0 Å². The maximum atomic E-state index is 11.9. The van der Waals surface area contributed by atoms with Crippen LogP contribution in [0.1, 0.15) is 25.7 Å². The average molecular weight is 230 g/mol. The molecular formula is C11H22N2OS. The second-order valence-corrected chi connectivity index (χ2v) is 5.53. The maximum Gasteiger partial charge on any atom is 0.222 e. The monoisotopic (exact) mass is 230 g/mol. The number of hydrogen-bond acceptors (Lipinski definition) is 3. The van der Waals surface area contributed by atoms with Crippen LogP contribution < -0.4 is 5.73 Å². The fourth-order valence-corrected chi connectivity index (χ4v) is 2.39. The first-order valence-electron chi connectivity index (χ1n) is 5.56. The van der Waals surface area contributed by atoms with E-state index in [2.05, 4.69) is 6.26 Å². The molecule has 0 atom stereocenters. The Balaban J connectivity index is 2.33. The molecule has 1 saturated carbocycles. The highest BCUT2D eigenvalue weighted by molar-refractivity contribution is 7.98. The average Bonchev–Trinajstić information content (AvgIpc) is 2.19. The lowest BCUT2D eigenvalue weighted by Gasteiger charge is -2.41. The van der Waals surface area contributed by atoms with Crippen molar-refractivity contribution in [3.8, 4) is 0 Å². The molecule has 1 amide bonds. The molecule has 0 aromatic carbocycles. The number of rotatable bonds is 6. The van der Waals surface area contributed by atoms with Gasteiger partial charge in [-0.15, -0.1) is 0 Å². The van der Waals surface area contributed by atoms with Crippen LogP contribution in [0.3, 0.4) is 0 Å². The first kappa shape index (κ1) is 12.8. The van der Waals surface area contributed by atoms with E-state index in [0.717, 1.165) is 25.1 Å². The van der Waals surface area contributed by atoms with Crippen molar-refractivity contribution in [3.63, 3.8) is 0 Å². The molecule has 15 heavy (non-hydrogen) atoms. The highest BCUT2D eigenvalue weighted by Gasteiger charge is 2.38. The Hall–Kier alpha value is -0.220. The van der Waals surface area contributed by atoms with Gasteiger partial charge in [-0.25, -0.2) is 0 Å². The summed E-state index contributed by atoms with van der Waals surface area (Å²) in [6, 6.07) is 0. The van der Waals surface area contributed by atoms with E-state index in [9.17, 15) is 4.79 Å². The standard InChI is InChI=1S/C11H22N2OS/c1-13(6-7-15-2)10(14)8-11(9-12)4-3-5-11/h3-9,12H2,1-2H3. The Bertz CT molecular complexity index is 211. The van der Waals surface area contributed by atoms with Gasteiger partial charge in [-0.2, -0.15) is 11.8 Å². The molecule has 0 unspecified atom stereocenters. The minimum Gasteiger partial charge on any atom is -0.345 e. The summed E-state index contributed by atoms with van der Waals surface area (Å²) < 4.78 is 0. The van der Waals surface area contributed by atoms with Crippen molar-refractivity contribution in [2.75, 3.05) is 32.1 Å². The summed E-state index contributed by atoms with van der Waals surface area (Å²) in [5.74, 6) is 1.27. The molecule has 0 aliphatic heterocycles. The Morgan fingerprint density at radius 2 is 2.20 bits per heavy atom. The fourth-order valence-electron chi connectivity index (χ4n) is 1.94. The van der Waals surface area contributed by atoms with E-state index in [4.69, 9.17) is 5.73 Å². The number of hydrogen-bond donors (Lipinski definition) is 1. The summed E-state index contributed by atoms with van der Waals surface area (Å²) in [7, 11) is 1.89. The molecular weight excluding hydrogens is 208 g/mol. The summed E-state index contributed by atoms with van der Waals surface area (Å²) in [5.41, 5.74) is 5.89. The van der Waals surface area contributed by atoms with Gasteiger partial charge in [0.15, 0.2) is 0 Å². The number of thioether (sulfide) groups is 1. The van der Waals surface area contributed by atoms with E-state index in [1.165, 1.54) is 6.42 Å². The summed E-state index contributed by atoms with van der Waals surface area (Å²) in [6.07, 6.45) is 6.20. The lowest BCUT2D eigenvalue weighted by atomic mass is 9.66. The van der Waals surface area contributed by atoms with E-state index in [1.54, 1.807) is 11.8 Å². The third kappa shape index (κ3) is 3.38. The van der Waals surface area contributed by atoms with Crippen LogP contribution in [-0.2, 0) is 4.79 Å². The highest BCUT2D eigenvalue weighted by atomic mass is 32.2. The molecule has 1 aliphatic rings. The van der Waals surface area contributed by atoms with Gasteiger partial charge in [-0.05, 0) is 31.1 Å². The van der Waals surface area contributed by atoms with Gasteiger partial charge in [-0.3, -0.25) is 4.79 Å². The van der Waals surface area contributed by atoms with Crippen LogP contribution in [0.2, 0.25) is 0 Å². The first-order chi connectivity index (χ1) is 7.13. The zero-order chi connectivity index (χ0) is 11.3. The lowest BCUT2D eigenvalue weighted by Crippen LogP contribution is -2.42. The molecule has 1 rings (SSSR count).